The van der Waals surface area contributed by atoms with E-state index in [1.807, 2.05) is 0 Å². The molecule has 0 aliphatic heterocycles. The zero-order chi connectivity index (χ0) is 19.3. The summed E-state index contributed by atoms with van der Waals surface area (Å²) in [4.78, 5) is 8.62. The van der Waals surface area contributed by atoms with Crippen LogP contribution < -0.4 is 15.4 Å². The molecule has 0 unspecified atom stereocenters. The number of benzene rings is 1. The van der Waals surface area contributed by atoms with Gasteiger partial charge in [0.2, 0.25) is 16.0 Å². The van der Waals surface area contributed by atoms with Gasteiger partial charge in [0.25, 0.3) is 0 Å². The van der Waals surface area contributed by atoms with Gasteiger partial charge in [-0.1, -0.05) is 0 Å². The molecule has 10 heteroatoms. The Labute approximate surface area is 157 Å². The van der Waals surface area contributed by atoms with Crippen molar-refractivity contribution in [1.82, 2.24) is 14.7 Å². The van der Waals surface area contributed by atoms with Crippen LogP contribution in [0.1, 0.15) is 18.4 Å². The molecule has 0 saturated heterocycles. The first-order valence-corrected chi connectivity index (χ1v) is 9.89. The summed E-state index contributed by atoms with van der Waals surface area (Å²) >= 11 is 0. The molecule has 0 radical (unpaired) electrons. The lowest BCUT2D eigenvalue weighted by Crippen LogP contribution is -2.27. The fourth-order valence-corrected chi connectivity index (χ4v) is 3.28. The van der Waals surface area contributed by atoms with Crippen LogP contribution in [0, 0.1) is 11.3 Å². The zero-order valence-corrected chi connectivity index (χ0v) is 15.6. The molecule has 1 aromatic carbocycles. The molecule has 3 N–H and O–H groups in total. The molecular formula is C17H20N6O3S. The summed E-state index contributed by atoms with van der Waals surface area (Å²) in [6.45, 7) is 0.501. The Morgan fingerprint density at radius 1 is 1.30 bits per heavy atom. The van der Waals surface area contributed by atoms with Crippen molar-refractivity contribution >= 4 is 27.5 Å². The third kappa shape index (κ3) is 5.13. The normalized spacial score (nSPS) is 13.8. The van der Waals surface area contributed by atoms with E-state index in [4.69, 9.17) is 10.00 Å². The van der Waals surface area contributed by atoms with E-state index in [0.717, 1.165) is 12.8 Å². The summed E-state index contributed by atoms with van der Waals surface area (Å²) in [6, 6.07) is 8.66. The molecule has 142 valence electrons. The maximum absolute atomic E-state index is 12.1. The lowest BCUT2D eigenvalue weighted by atomic mass is 10.3. The number of aromatic nitrogens is 2. The van der Waals surface area contributed by atoms with Crippen molar-refractivity contribution in [2.24, 2.45) is 0 Å². The van der Waals surface area contributed by atoms with Gasteiger partial charge in [-0.3, -0.25) is 0 Å². The van der Waals surface area contributed by atoms with Crippen molar-refractivity contribution in [2.75, 3.05) is 30.9 Å². The monoisotopic (exact) mass is 388 g/mol. The highest BCUT2D eigenvalue weighted by molar-refractivity contribution is 7.89. The highest BCUT2D eigenvalue weighted by atomic mass is 32.2. The molecular weight excluding hydrogens is 368 g/mol. The molecule has 0 amide bonds. The Morgan fingerprint density at radius 2 is 2.04 bits per heavy atom. The second-order valence-electron chi connectivity index (χ2n) is 6.03. The number of anilines is 3. The molecule has 1 heterocycles. The lowest BCUT2D eigenvalue weighted by molar-refractivity contribution is 0.204. The van der Waals surface area contributed by atoms with Gasteiger partial charge in [0.15, 0.2) is 0 Å². The van der Waals surface area contributed by atoms with Crippen LogP contribution in [0.15, 0.2) is 35.4 Å². The van der Waals surface area contributed by atoms with Crippen LogP contribution in [0.3, 0.4) is 0 Å². The number of hydrogen-bond acceptors (Lipinski definition) is 8. The Bertz CT molecular complexity index is 936. The fraction of sp³-hybridized carbons (Fsp3) is 0.353. The van der Waals surface area contributed by atoms with Crippen LogP contribution in [0.2, 0.25) is 0 Å². The lowest BCUT2D eigenvalue weighted by Gasteiger charge is -2.10. The summed E-state index contributed by atoms with van der Waals surface area (Å²) < 4.78 is 31.6. The number of nitrogens with one attached hydrogen (secondary N) is 3. The number of hydrogen-bond donors (Lipinski definition) is 3. The van der Waals surface area contributed by atoms with Crippen molar-refractivity contribution in [2.45, 2.75) is 23.8 Å². The van der Waals surface area contributed by atoms with Gasteiger partial charge in [0.05, 0.1) is 17.7 Å². The van der Waals surface area contributed by atoms with E-state index in [1.165, 1.54) is 25.4 Å². The van der Waals surface area contributed by atoms with Crippen LogP contribution in [0.25, 0.3) is 0 Å². The summed E-state index contributed by atoms with van der Waals surface area (Å²) in [7, 11) is -2.07. The maximum Gasteiger partial charge on any atom is 0.240 e. The number of nitrogens with zero attached hydrogens (tertiary/aromatic N) is 3. The van der Waals surface area contributed by atoms with Crippen LogP contribution in [0.5, 0.6) is 0 Å². The van der Waals surface area contributed by atoms with Crippen LogP contribution in [-0.4, -0.2) is 44.7 Å². The SMILES string of the molecule is COCCNS(=O)(=O)c1ccc(Nc2ncc(C#N)c(NC3CC3)n2)cc1. The minimum Gasteiger partial charge on any atom is -0.383 e. The summed E-state index contributed by atoms with van der Waals surface area (Å²) in [5, 5.41) is 15.4. The number of sulfonamides is 1. The van der Waals surface area contributed by atoms with Crippen molar-refractivity contribution in [3.63, 3.8) is 0 Å². The second-order valence-corrected chi connectivity index (χ2v) is 7.79. The molecule has 1 aromatic heterocycles. The smallest absolute Gasteiger partial charge is 0.240 e. The molecule has 1 aliphatic carbocycles. The summed E-state index contributed by atoms with van der Waals surface area (Å²) in [5.74, 6) is 0.824. The van der Waals surface area contributed by atoms with E-state index < -0.39 is 10.0 Å². The van der Waals surface area contributed by atoms with Crippen molar-refractivity contribution in [3.05, 3.63) is 36.0 Å². The van der Waals surface area contributed by atoms with Gasteiger partial charge in [-0.2, -0.15) is 10.2 Å². The maximum atomic E-state index is 12.1. The van der Waals surface area contributed by atoms with Crippen LogP contribution >= 0.6 is 0 Å². The minimum atomic E-state index is -3.58. The first-order chi connectivity index (χ1) is 13.0. The third-order valence-corrected chi connectivity index (χ3v) is 5.32. The number of rotatable bonds is 9. The van der Waals surface area contributed by atoms with Crippen molar-refractivity contribution in [3.8, 4) is 6.07 Å². The molecule has 1 aliphatic rings. The second kappa shape index (κ2) is 8.30. The first kappa shape index (κ1) is 19.0. The van der Waals surface area contributed by atoms with Gasteiger partial charge in [-0.05, 0) is 37.1 Å². The highest BCUT2D eigenvalue weighted by Gasteiger charge is 2.23. The third-order valence-electron chi connectivity index (χ3n) is 3.85. The van der Waals surface area contributed by atoms with Gasteiger partial charge >= 0.3 is 0 Å². The molecule has 0 bridgehead atoms. The average molecular weight is 388 g/mol. The molecule has 1 saturated carbocycles. The number of nitriles is 1. The Hall–Kier alpha value is -2.74. The van der Waals surface area contributed by atoms with Crippen molar-refractivity contribution < 1.29 is 13.2 Å². The van der Waals surface area contributed by atoms with Crippen LogP contribution in [-0.2, 0) is 14.8 Å². The van der Waals surface area contributed by atoms with Gasteiger partial charge < -0.3 is 15.4 Å². The Morgan fingerprint density at radius 3 is 2.67 bits per heavy atom. The zero-order valence-electron chi connectivity index (χ0n) is 14.8. The molecule has 0 atom stereocenters. The predicted molar refractivity (Wildman–Crippen MR) is 100 cm³/mol. The van der Waals surface area contributed by atoms with E-state index >= 15 is 0 Å². The van der Waals surface area contributed by atoms with Gasteiger partial charge in [0, 0.05) is 25.4 Å². The van der Waals surface area contributed by atoms with Crippen LogP contribution in [0.4, 0.5) is 17.5 Å². The van der Waals surface area contributed by atoms with Gasteiger partial charge in [-0.15, -0.1) is 0 Å². The van der Waals surface area contributed by atoms with Gasteiger partial charge in [0.1, 0.15) is 17.5 Å². The largest absolute Gasteiger partial charge is 0.383 e. The Balaban J connectivity index is 1.70. The fourth-order valence-electron chi connectivity index (χ4n) is 2.26. The summed E-state index contributed by atoms with van der Waals surface area (Å²) in [5.41, 5.74) is 1.02. The highest BCUT2D eigenvalue weighted by Crippen LogP contribution is 2.26. The average Bonchev–Trinajstić information content (AvgIpc) is 3.47. The van der Waals surface area contributed by atoms with E-state index in [9.17, 15) is 8.42 Å². The topological polar surface area (TPSA) is 129 Å². The first-order valence-electron chi connectivity index (χ1n) is 8.41. The molecule has 2 aromatic rings. The van der Waals surface area contributed by atoms with E-state index in [1.54, 1.807) is 12.1 Å². The standard InChI is InChI=1S/C17H20N6O3S/c1-26-9-8-20-27(24,25)15-6-4-14(5-7-15)22-17-19-11-12(10-18)16(23-17)21-13-2-3-13/h4-7,11,13,20H,2-3,8-9H2,1H3,(H2,19,21,22,23). The van der Waals surface area contributed by atoms with E-state index in [2.05, 4.69) is 31.4 Å². The number of methoxy groups -OCH3 is 1. The quantitative estimate of drug-likeness (QED) is 0.552. The summed E-state index contributed by atoms with van der Waals surface area (Å²) in [6.07, 6.45) is 3.58. The van der Waals surface area contributed by atoms with Gasteiger partial charge in [-0.25, -0.2) is 18.1 Å². The molecule has 1 fully saturated rings. The molecule has 27 heavy (non-hydrogen) atoms. The minimum absolute atomic E-state index is 0.154. The Kier molecular flexibility index (Phi) is 5.85. The van der Waals surface area contributed by atoms with Crippen molar-refractivity contribution in [1.29, 1.82) is 5.26 Å². The van der Waals surface area contributed by atoms with E-state index in [0.29, 0.717) is 35.7 Å². The molecule has 9 nitrogen and oxygen atoms in total. The predicted octanol–water partition coefficient (Wildman–Crippen LogP) is 1.59. The van der Waals surface area contributed by atoms with E-state index in [-0.39, 0.29) is 11.4 Å². The molecule has 0 spiro atoms. The molecule has 3 rings (SSSR count). The number of ether oxygens (including phenoxy) is 1.